The summed E-state index contributed by atoms with van der Waals surface area (Å²) in [5, 5.41) is 4.42. The molecule has 1 atom stereocenters. The molecule has 0 radical (unpaired) electrons. The van der Waals surface area contributed by atoms with E-state index >= 15 is 0 Å². The van der Waals surface area contributed by atoms with Crippen LogP contribution in [-0.2, 0) is 4.74 Å². The second-order valence-corrected chi connectivity index (χ2v) is 6.12. The van der Waals surface area contributed by atoms with E-state index in [1.165, 1.54) is 24.0 Å². The zero-order valence-electron chi connectivity index (χ0n) is 11.3. The summed E-state index contributed by atoms with van der Waals surface area (Å²) in [5.41, 5.74) is 2.71. The molecule has 0 aromatic heterocycles. The number of benzene rings is 1. The first-order valence-electron chi connectivity index (χ1n) is 7.42. The molecule has 0 amide bonds. The van der Waals surface area contributed by atoms with Crippen molar-refractivity contribution in [2.24, 2.45) is 0 Å². The summed E-state index contributed by atoms with van der Waals surface area (Å²) in [6.07, 6.45) is 4.75. The van der Waals surface area contributed by atoms with Crippen LogP contribution in [0.4, 0.5) is 0 Å². The van der Waals surface area contributed by atoms with Gasteiger partial charge in [0, 0.05) is 24.8 Å². The average Bonchev–Trinajstić information content (AvgIpc) is 2.49. The standard InChI is InChI=1S/C16H22ClNO/c17-16-10-13(14-2-1-7-18-11-14)3-4-15(16)12-5-8-19-9-6-12/h3-4,10,12,14,18H,1-2,5-9,11H2. The fraction of sp³-hybridized carbons (Fsp3) is 0.625. The highest BCUT2D eigenvalue weighted by Gasteiger charge is 2.20. The third-order valence-corrected chi connectivity index (χ3v) is 4.78. The molecule has 2 aliphatic rings. The number of rotatable bonds is 2. The minimum absolute atomic E-state index is 0.583. The van der Waals surface area contributed by atoms with Crippen molar-refractivity contribution < 1.29 is 4.74 Å². The second-order valence-electron chi connectivity index (χ2n) is 5.71. The van der Waals surface area contributed by atoms with E-state index < -0.39 is 0 Å². The van der Waals surface area contributed by atoms with Crippen LogP contribution in [0, 0.1) is 0 Å². The first kappa shape index (κ1) is 13.4. The van der Waals surface area contributed by atoms with Gasteiger partial charge in [-0.3, -0.25) is 0 Å². The van der Waals surface area contributed by atoms with Crippen LogP contribution in [0.15, 0.2) is 18.2 Å². The van der Waals surface area contributed by atoms with Crippen molar-refractivity contribution in [2.45, 2.75) is 37.5 Å². The Morgan fingerprint density at radius 1 is 1.11 bits per heavy atom. The van der Waals surface area contributed by atoms with E-state index in [0.717, 1.165) is 44.2 Å². The van der Waals surface area contributed by atoms with Crippen molar-refractivity contribution in [3.63, 3.8) is 0 Å². The Labute approximate surface area is 120 Å². The number of piperidine rings is 1. The first-order chi connectivity index (χ1) is 9.34. The highest BCUT2D eigenvalue weighted by molar-refractivity contribution is 6.31. The molecule has 104 valence electrons. The highest BCUT2D eigenvalue weighted by Crippen LogP contribution is 2.34. The predicted molar refractivity (Wildman–Crippen MR) is 79.1 cm³/mol. The molecule has 0 aliphatic carbocycles. The van der Waals surface area contributed by atoms with Crippen LogP contribution in [0.1, 0.15) is 48.6 Å². The number of ether oxygens (including phenoxy) is 1. The van der Waals surface area contributed by atoms with Gasteiger partial charge >= 0.3 is 0 Å². The molecule has 1 aromatic rings. The first-order valence-corrected chi connectivity index (χ1v) is 7.80. The molecule has 0 spiro atoms. The Morgan fingerprint density at radius 2 is 1.95 bits per heavy atom. The Bertz CT molecular complexity index is 423. The molecule has 2 nitrogen and oxygen atoms in total. The minimum atomic E-state index is 0.583. The molecule has 2 saturated heterocycles. The van der Waals surface area contributed by atoms with Crippen molar-refractivity contribution in [3.8, 4) is 0 Å². The zero-order valence-corrected chi connectivity index (χ0v) is 12.1. The monoisotopic (exact) mass is 279 g/mol. The molecule has 2 heterocycles. The van der Waals surface area contributed by atoms with Crippen LogP contribution >= 0.6 is 11.6 Å². The van der Waals surface area contributed by atoms with Crippen LogP contribution in [0.2, 0.25) is 5.02 Å². The van der Waals surface area contributed by atoms with E-state index in [-0.39, 0.29) is 0 Å². The molecule has 1 aromatic carbocycles. The summed E-state index contributed by atoms with van der Waals surface area (Å²) in [6, 6.07) is 6.74. The summed E-state index contributed by atoms with van der Waals surface area (Å²) < 4.78 is 5.43. The maximum Gasteiger partial charge on any atom is 0.0471 e. The lowest BCUT2D eigenvalue weighted by Gasteiger charge is -2.26. The van der Waals surface area contributed by atoms with Crippen molar-refractivity contribution in [3.05, 3.63) is 34.3 Å². The highest BCUT2D eigenvalue weighted by atomic mass is 35.5. The summed E-state index contributed by atoms with van der Waals surface area (Å²) in [7, 11) is 0. The number of hydrogen-bond donors (Lipinski definition) is 1. The largest absolute Gasteiger partial charge is 0.381 e. The molecule has 0 saturated carbocycles. The van der Waals surface area contributed by atoms with Gasteiger partial charge in [0.25, 0.3) is 0 Å². The van der Waals surface area contributed by atoms with Gasteiger partial charge in [-0.2, -0.15) is 0 Å². The lowest BCUT2D eigenvalue weighted by atomic mass is 9.87. The summed E-state index contributed by atoms with van der Waals surface area (Å²) in [6.45, 7) is 3.99. The Hall–Kier alpha value is -0.570. The number of halogens is 1. The number of hydrogen-bond acceptors (Lipinski definition) is 2. The van der Waals surface area contributed by atoms with Gasteiger partial charge in [-0.1, -0.05) is 23.7 Å². The summed E-state index contributed by atoms with van der Waals surface area (Å²) in [5.74, 6) is 1.22. The minimum Gasteiger partial charge on any atom is -0.381 e. The molecular weight excluding hydrogens is 258 g/mol. The molecule has 1 unspecified atom stereocenters. The van der Waals surface area contributed by atoms with Crippen LogP contribution in [0.5, 0.6) is 0 Å². The van der Waals surface area contributed by atoms with Gasteiger partial charge in [0.15, 0.2) is 0 Å². The van der Waals surface area contributed by atoms with Gasteiger partial charge in [0.2, 0.25) is 0 Å². The molecule has 3 heteroatoms. The molecule has 2 aliphatic heterocycles. The Morgan fingerprint density at radius 3 is 2.63 bits per heavy atom. The fourth-order valence-electron chi connectivity index (χ4n) is 3.27. The van der Waals surface area contributed by atoms with E-state index in [2.05, 4.69) is 23.5 Å². The van der Waals surface area contributed by atoms with Crippen molar-refractivity contribution in [1.82, 2.24) is 5.32 Å². The normalized spacial score (nSPS) is 25.4. The predicted octanol–water partition coefficient (Wildman–Crippen LogP) is 3.70. The maximum absolute atomic E-state index is 6.52. The summed E-state index contributed by atoms with van der Waals surface area (Å²) in [4.78, 5) is 0. The quantitative estimate of drug-likeness (QED) is 0.891. The van der Waals surface area contributed by atoms with Crippen LogP contribution in [0.25, 0.3) is 0 Å². The fourth-order valence-corrected chi connectivity index (χ4v) is 3.62. The van der Waals surface area contributed by atoms with Crippen molar-refractivity contribution in [2.75, 3.05) is 26.3 Å². The topological polar surface area (TPSA) is 21.3 Å². The molecule has 19 heavy (non-hydrogen) atoms. The molecule has 0 bridgehead atoms. The van der Waals surface area contributed by atoms with E-state index in [1.807, 2.05) is 0 Å². The SMILES string of the molecule is Clc1cc(C2CCCNC2)ccc1C1CCOCC1. The Balaban J connectivity index is 1.76. The third-order valence-electron chi connectivity index (χ3n) is 4.45. The van der Waals surface area contributed by atoms with Gasteiger partial charge < -0.3 is 10.1 Å². The molecule has 3 rings (SSSR count). The Kier molecular flexibility index (Phi) is 4.42. The second kappa shape index (κ2) is 6.25. The van der Waals surface area contributed by atoms with E-state index in [0.29, 0.717) is 11.8 Å². The van der Waals surface area contributed by atoms with Gasteiger partial charge in [-0.15, -0.1) is 0 Å². The third kappa shape index (κ3) is 3.13. The van der Waals surface area contributed by atoms with Gasteiger partial charge in [-0.25, -0.2) is 0 Å². The van der Waals surface area contributed by atoms with Crippen LogP contribution in [-0.4, -0.2) is 26.3 Å². The summed E-state index contributed by atoms with van der Waals surface area (Å²) >= 11 is 6.52. The van der Waals surface area contributed by atoms with Gasteiger partial charge in [0.1, 0.15) is 0 Å². The van der Waals surface area contributed by atoms with E-state index in [9.17, 15) is 0 Å². The van der Waals surface area contributed by atoms with Crippen molar-refractivity contribution in [1.29, 1.82) is 0 Å². The molecule has 2 fully saturated rings. The van der Waals surface area contributed by atoms with Gasteiger partial charge in [-0.05, 0) is 61.3 Å². The van der Waals surface area contributed by atoms with E-state index in [1.54, 1.807) is 0 Å². The lowest BCUT2D eigenvalue weighted by Crippen LogP contribution is -2.28. The van der Waals surface area contributed by atoms with Crippen molar-refractivity contribution >= 4 is 11.6 Å². The van der Waals surface area contributed by atoms with Crippen LogP contribution < -0.4 is 5.32 Å². The lowest BCUT2D eigenvalue weighted by molar-refractivity contribution is 0.0853. The zero-order chi connectivity index (χ0) is 13.1. The number of nitrogens with one attached hydrogen (secondary N) is 1. The average molecular weight is 280 g/mol. The van der Waals surface area contributed by atoms with E-state index in [4.69, 9.17) is 16.3 Å². The molecule has 1 N–H and O–H groups in total. The van der Waals surface area contributed by atoms with Crippen LogP contribution in [0.3, 0.4) is 0 Å². The maximum atomic E-state index is 6.52. The van der Waals surface area contributed by atoms with Gasteiger partial charge in [0.05, 0.1) is 0 Å². The smallest absolute Gasteiger partial charge is 0.0471 e. The molecular formula is C16H22ClNO.